The Balaban J connectivity index is 2.22. The third kappa shape index (κ3) is 2.42. The van der Waals surface area contributed by atoms with Gasteiger partial charge in [-0.1, -0.05) is 18.2 Å². The topological polar surface area (TPSA) is 80.7 Å². The molecule has 1 aliphatic rings. The van der Waals surface area contributed by atoms with Crippen molar-refractivity contribution in [2.24, 2.45) is 0 Å². The average Bonchev–Trinajstić information content (AvgIpc) is 2.72. The van der Waals surface area contributed by atoms with Crippen LogP contribution in [-0.4, -0.2) is 44.1 Å². The van der Waals surface area contributed by atoms with Gasteiger partial charge in [-0.25, -0.2) is 4.79 Å². The molecular weight excluding hydrogens is 242 g/mol. The molecular formula is C11H11NO4S. The van der Waals surface area contributed by atoms with Crippen molar-refractivity contribution < 1.29 is 19.2 Å². The number of carbonyl (C=O) groups is 2. The van der Waals surface area contributed by atoms with Crippen molar-refractivity contribution in [3.8, 4) is 0 Å². The zero-order valence-corrected chi connectivity index (χ0v) is 9.72. The van der Waals surface area contributed by atoms with Crippen LogP contribution in [0.3, 0.4) is 0 Å². The molecule has 0 aliphatic carbocycles. The van der Waals surface area contributed by atoms with Gasteiger partial charge in [0.2, 0.25) is 0 Å². The number of amides is 1. The molecule has 0 spiro atoms. The van der Waals surface area contributed by atoms with Crippen molar-refractivity contribution in [1.29, 1.82) is 0 Å². The van der Waals surface area contributed by atoms with Crippen LogP contribution in [0.4, 0.5) is 0 Å². The van der Waals surface area contributed by atoms with Gasteiger partial charge in [-0.15, -0.1) is 0 Å². The summed E-state index contributed by atoms with van der Waals surface area (Å²) in [6.45, 7) is 0. The highest BCUT2D eigenvalue weighted by Crippen LogP contribution is 2.19. The number of nitrogens with zero attached hydrogens (tertiary/aromatic N) is 1. The van der Waals surface area contributed by atoms with Crippen molar-refractivity contribution in [3.05, 3.63) is 35.9 Å². The second-order valence-electron chi connectivity index (χ2n) is 3.73. The molecule has 17 heavy (non-hydrogen) atoms. The van der Waals surface area contributed by atoms with Gasteiger partial charge in [0.05, 0.1) is 0 Å². The molecule has 90 valence electrons. The number of hydrogen-bond acceptors (Lipinski definition) is 3. The van der Waals surface area contributed by atoms with E-state index in [1.54, 1.807) is 30.3 Å². The number of rotatable bonds is 2. The second-order valence-corrected chi connectivity index (χ2v) is 5.20. The number of carbonyl (C=O) groups excluding carboxylic acids is 1. The Bertz CT molecular complexity index is 436. The van der Waals surface area contributed by atoms with Gasteiger partial charge in [-0.05, 0) is 23.3 Å². The van der Waals surface area contributed by atoms with E-state index in [0.29, 0.717) is 5.56 Å². The van der Waals surface area contributed by atoms with Crippen LogP contribution in [0.15, 0.2) is 30.3 Å². The summed E-state index contributed by atoms with van der Waals surface area (Å²) in [4.78, 5) is 24.2. The van der Waals surface area contributed by atoms with E-state index >= 15 is 0 Å². The third-order valence-electron chi connectivity index (χ3n) is 2.57. The predicted molar refractivity (Wildman–Crippen MR) is 61.9 cm³/mol. The number of hydrogen-bond donors (Lipinski definition) is 1. The highest BCUT2D eigenvalue weighted by molar-refractivity contribution is 7.91. The van der Waals surface area contributed by atoms with Gasteiger partial charge in [0, 0.05) is 5.56 Å². The fourth-order valence-electron chi connectivity index (χ4n) is 1.72. The van der Waals surface area contributed by atoms with Crippen molar-refractivity contribution in [3.63, 3.8) is 0 Å². The van der Waals surface area contributed by atoms with Crippen molar-refractivity contribution in [2.45, 2.75) is 6.04 Å². The first kappa shape index (κ1) is 11.9. The number of carboxylic acids is 1. The fourth-order valence-corrected chi connectivity index (χ4v) is 3.10. The van der Waals surface area contributed by atoms with Gasteiger partial charge < -0.3 is 9.66 Å². The molecule has 2 atom stereocenters. The zero-order chi connectivity index (χ0) is 12.4. The maximum absolute atomic E-state index is 12.0. The molecule has 0 aromatic heterocycles. The molecule has 1 aromatic rings. The molecule has 1 aromatic carbocycles. The minimum atomic E-state index is -1.27. The summed E-state index contributed by atoms with van der Waals surface area (Å²) in [5.41, 5.74) is 0.414. The quantitative estimate of drug-likeness (QED) is 0.769. The Morgan fingerprint density at radius 3 is 2.59 bits per heavy atom. The monoisotopic (exact) mass is 253 g/mol. The first-order valence-electron chi connectivity index (χ1n) is 5.03. The van der Waals surface area contributed by atoms with Crippen LogP contribution in [0.25, 0.3) is 0 Å². The van der Waals surface area contributed by atoms with Gasteiger partial charge in [0.25, 0.3) is 5.91 Å². The Morgan fingerprint density at radius 1 is 1.35 bits per heavy atom. The van der Waals surface area contributed by atoms with Gasteiger partial charge in [-0.2, -0.15) is 0 Å². The Kier molecular flexibility index (Phi) is 3.35. The highest BCUT2D eigenvalue weighted by atomic mass is 32.2. The van der Waals surface area contributed by atoms with E-state index in [-0.39, 0.29) is 17.5 Å². The highest BCUT2D eigenvalue weighted by Gasteiger charge is 2.42. The largest absolute Gasteiger partial charge is 0.615 e. The molecule has 1 amide bonds. The van der Waals surface area contributed by atoms with Crippen LogP contribution in [0.1, 0.15) is 10.4 Å². The van der Waals surface area contributed by atoms with E-state index in [0.717, 1.165) is 4.90 Å². The lowest BCUT2D eigenvalue weighted by Gasteiger charge is -2.17. The molecule has 5 nitrogen and oxygen atoms in total. The van der Waals surface area contributed by atoms with Crippen molar-refractivity contribution in [1.82, 2.24) is 4.90 Å². The zero-order valence-electron chi connectivity index (χ0n) is 8.91. The summed E-state index contributed by atoms with van der Waals surface area (Å²) < 4.78 is 11.4. The van der Waals surface area contributed by atoms with Crippen LogP contribution in [0, 0.1) is 0 Å². The standard InChI is InChI=1S/C11H11NO4S/c13-10(8-4-2-1-3-5-8)12-7-17(16)6-9(12)11(14)15/h1-5,9H,6-7H2,(H,14,15)/t9-,17-/m0/s1. The maximum Gasteiger partial charge on any atom is 0.331 e. The number of aliphatic carboxylic acids is 1. The smallest absolute Gasteiger partial charge is 0.331 e. The number of carboxylic acid groups (broad SMARTS) is 1. The van der Waals surface area contributed by atoms with E-state index < -0.39 is 23.2 Å². The third-order valence-corrected chi connectivity index (χ3v) is 3.82. The summed E-state index contributed by atoms with van der Waals surface area (Å²) in [5, 5.41) is 8.97. The van der Waals surface area contributed by atoms with Crippen molar-refractivity contribution >= 4 is 23.1 Å². The van der Waals surface area contributed by atoms with Crippen molar-refractivity contribution in [2.75, 3.05) is 11.6 Å². The molecule has 0 radical (unpaired) electrons. The van der Waals surface area contributed by atoms with Crippen LogP contribution in [-0.2, 0) is 16.0 Å². The Hall–Kier alpha value is -1.53. The van der Waals surface area contributed by atoms with Gasteiger partial charge >= 0.3 is 5.97 Å². The molecule has 0 saturated carbocycles. The van der Waals surface area contributed by atoms with Gasteiger partial charge in [0.1, 0.15) is 5.75 Å². The summed E-state index contributed by atoms with van der Waals surface area (Å²) in [6, 6.07) is 7.42. The summed E-state index contributed by atoms with van der Waals surface area (Å²) in [5.74, 6) is -1.50. The minimum absolute atomic E-state index is 0.00784. The fraction of sp³-hybridized carbons (Fsp3) is 0.273. The van der Waals surface area contributed by atoms with Crippen LogP contribution >= 0.6 is 0 Å². The molecule has 0 bridgehead atoms. The molecule has 0 unspecified atom stereocenters. The lowest BCUT2D eigenvalue weighted by molar-refractivity contribution is -0.140. The summed E-state index contributed by atoms with van der Waals surface area (Å²) >= 11 is -1.27. The van der Waals surface area contributed by atoms with Crippen LogP contribution in [0.2, 0.25) is 0 Å². The molecule has 1 saturated heterocycles. The van der Waals surface area contributed by atoms with E-state index in [2.05, 4.69) is 0 Å². The Morgan fingerprint density at radius 2 is 2.00 bits per heavy atom. The molecule has 2 rings (SSSR count). The predicted octanol–water partition coefficient (Wildman–Crippen LogP) is 0.302. The first-order valence-corrected chi connectivity index (χ1v) is 6.52. The summed E-state index contributed by atoms with van der Waals surface area (Å²) in [6.07, 6.45) is 0. The SMILES string of the molecule is O=C(O)[C@@H]1C[S@+]([O-])CN1C(=O)c1ccccc1. The minimum Gasteiger partial charge on any atom is -0.615 e. The molecule has 1 aliphatic heterocycles. The average molecular weight is 253 g/mol. The number of benzene rings is 1. The molecule has 1 N–H and O–H groups in total. The lowest BCUT2D eigenvalue weighted by atomic mass is 10.2. The van der Waals surface area contributed by atoms with E-state index in [1.165, 1.54) is 0 Å². The van der Waals surface area contributed by atoms with E-state index in [4.69, 9.17) is 5.11 Å². The maximum atomic E-state index is 12.0. The van der Waals surface area contributed by atoms with Gasteiger partial charge in [-0.3, -0.25) is 9.69 Å². The van der Waals surface area contributed by atoms with E-state index in [9.17, 15) is 14.1 Å². The van der Waals surface area contributed by atoms with E-state index in [1.807, 2.05) is 0 Å². The normalized spacial score (nSPS) is 23.7. The molecule has 1 fully saturated rings. The molecule has 6 heteroatoms. The van der Waals surface area contributed by atoms with Crippen LogP contribution < -0.4 is 0 Å². The second kappa shape index (κ2) is 4.77. The lowest BCUT2D eigenvalue weighted by Crippen LogP contribution is -2.41. The van der Waals surface area contributed by atoms with Crippen LogP contribution in [0.5, 0.6) is 0 Å². The first-order chi connectivity index (χ1) is 8.09. The summed E-state index contributed by atoms with van der Waals surface area (Å²) in [7, 11) is 0. The Labute approximate surface area is 101 Å². The molecule has 1 heterocycles. The van der Waals surface area contributed by atoms with Gasteiger partial charge in [0.15, 0.2) is 11.9 Å².